The normalized spacial score (nSPS) is 18.9. The first-order valence-corrected chi connectivity index (χ1v) is 7.34. The van der Waals surface area contributed by atoms with Gasteiger partial charge < -0.3 is 10.6 Å². The van der Waals surface area contributed by atoms with Gasteiger partial charge in [-0.2, -0.15) is 5.10 Å². The van der Waals surface area contributed by atoms with Crippen LogP contribution in [-0.4, -0.2) is 28.3 Å². The Bertz CT molecular complexity index is 487. The number of aromatic nitrogens is 2. The maximum absolute atomic E-state index is 5.88. The third kappa shape index (κ3) is 2.86. The van der Waals surface area contributed by atoms with Gasteiger partial charge in [0.1, 0.15) is 4.99 Å². The summed E-state index contributed by atoms with van der Waals surface area (Å²) in [5.74, 6) is 1.63. The van der Waals surface area contributed by atoms with Gasteiger partial charge in [0.05, 0.1) is 11.3 Å². The fraction of sp³-hybridized carbons (Fsp3) is 0.643. The standard InChI is InChI=1S/C14H22N4S/c1-4-5-11-6-7-18(8-11)14-12(13(15)19)9(2)10(3)16-17-14/h11H,4-8H2,1-3H3,(H2,15,19). The molecule has 1 aromatic rings. The summed E-state index contributed by atoms with van der Waals surface area (Å²) in [5.41, 5.74) is 8.74. The molecular weight excluding hydrogens is 256 g/mol. The van der Waals surface area contributed by atoms with Gasteiger partial charge in [-0.15, -0.1) is 5.10 Å². The van der Waals surface area contributed by atoms with Gasteiger partial charge in [0.15, 0.2) is 5.82 Å². The quantitative estimate of drug-likeness (QED) is 0.857. The molecule has 0 aliphatic carbocycles. The zero-order valence-corrected chi connectivity index (χ0v) is 12.8. The topological polar surface area (TPSA) is 55.0 Å². The summed E-state index contributed by atoms with van der Waals surface area (Å²) in [4.78, 5) is 2.71. The van der Waals surface area contributed by atoms with Crippen molar-refractivity contribution in [2.75, 3.05) is 18.0 Å². The second-order valence-electron chi connectivity index (χ2n) is 5.36. The highest BCUT2D eigenvalue weighted by atomic mass is 32.1. The Morgan fingerprint density at radius 1 is 1.42 bits per heavy atom. The number of thiocarbonyl (C=S) groups is 1. The summed E-state index contributed by atoms with van der Waals surface area (Å²) in [6.45, 7) is 8.26. The van der Waals surface area contributed by atoms with Crippen LogP contribution in [0.1, 0.15) is 43.0 Å². The predicted octanol–water partition coefficient (Wildman–Crippen LogP) is 2.35. The Labute approximate surface area is 120 Å². The molecule has 2 heterocycles. The Morgan fingerprint density at radius 3 is 2.79 bits per heavy atom. The van der Waals surface area contributed by atoms with E-state index in [1.165, 1.54) is 19.3 Å². The number of aryl methyl sites for hydroxylation is 1. The van der Waals surface area contributed by atoms with Crippen molar-refractivity contribution < 1.29 is 0 Å². The summed E-state index contributed by atoms with van der Waals surface area (Å²) >= 11 is 5.20. The first kappa shape index (κ1) is 14.2. The molecule has 1 saturated heterocycles. The first-order valence-electron chi connectivity index (χ1n) is 6.93. The molecule has 104 valence electrons. The molecule has 0 radical (unpaired) electrons. The van der Waals surface area contributed by atoms with E-state index in [1.807, 2.05) is 13.8 Å². The monoisotopic (exact) mass is 278 g/mol. The number of hydrogen-bond donors (Lipinski definition) is 1. The minimum Gasteiger partial charge on any atom is -0.389 e. The van der Waals surface area contributed by atoms with Crippen molar-refractivity contribution in [3.05, 3.63) is 16.8 Å². The average Bonchev–Trinajstić information content (AvgIpc) is 2.81. The average molecular weight is 278 g/mol. The van der Waals surface area contributed by atoms with Gasteiger partial charge in [0.25, 0.3) is 0 Å². The maximum Gasteiger partial charge on any atom is 0.161 e. The SMILES string of the molecule is CCCC1CCN(c2nnc(C)c(C)c2C(N)=S)C1. The van der Waals surface area contributed by atoms with Crippen molar-refractivity contribution in [1.82, 2.24) is 10.2 Å². The second-order valence-corrected chi connectivity index (χ2v) is 5.80. The molecule has 0 saturated carbocycles. The smallest absolute Gasteiger partial charge is 0.161 e. The molecular formula is C14H22N4S. The number of anilines is 1. The van der Waals surface area contributed by atoms with Crippen LogP contribution in [0.2, 0.25) is 0 Å². The number of rotatable bonds is 4. The number of nitrogens with zero attached hydrogens (tertiary/aromatic N) is 3. The Morgan fingerprint density at radius 2 is 2.16 bits per heavy atom. The predicted molar refractivity (Wildman–Crippen MR) is 82.6 cm³/mol. The Kier molecular flexibility index (Phi) is 4.34. The third-order valence-electron chi connectivity index (χ3n) is 3.96. The molecule has 1 aromatic heterocycles. The van der Waals surface area contributed by atoms with E-state index in [9.17, 15) is 0 Å². The van der Waals surface area contributed by atoms with Crippen LogP contribution in [0.5, 0.6) is 0 Å². The lowest BCUT2D eigenvalue weighted by Crippen LogP contribution is -2.26. The Hall–Kier alpha value is -1.23. The third-order valence-corrected chi connectivity index (χ3v) is 4.17. The van der Waals surface area contributed by atoms with Crippen LogP contribution in [0.3, 0.4) is 0 Å². The Balaban J connectivity index is 2.31. The molecule has 1 atom stereocenters. The summed E-state index contributed by atoms with van der Waals surface area (Å²) in [6, 6.07) is 0. The molecule has 5 heteroatoms. The maximum atomic E-state index is 5.88. The molecule has 0 bridgehead atoms. The van der Waals surface area contributed by atoms with Crippen molar-refractivity contribution in [3.63, 3.8) is 0 Å². The molecule has 0 aromatic carbocycles. The highest BCUT2D eigenvalue weighted by Crippen LogP contribution is 2.29. The van der Waals surface area contributed by atoms with Gasteiger partial charge in [0, 0.05) is 13.1 Å². The van der Waals surface area contributed by atoms with Gasteiger partial charge >= 0.3 is 0 Å². The summed E-state index contributed by atoms with van der Waals surface area (Å²) in [5, 5.41) is 8.58. The largest absolute Gasteiger partial charge is 0.389 e. The molecule has 0 spiro atoms. The van der Waals surface area contributed by atoms with Crippen molar-refractivity contribution in [1.29, 1.82) is 0 Å². The van der Waals surface area contributed by atoms with Gasteiger partial charge in [-0.25, -0.2) is 0 Å². The minimum atomic E-state index is 0.421. The molecule has 0 amide bonds. The van der Waals surface area contributed by atoms with Crippen LogP contribution in [-0.2, 0) is 0 Å². The van der Waals surface area contributed by atoms with Crippen molar-refractivity contribution in [2.45, 2.75) is 40.0 Å². The van der Waals surface area contributed by atoms with E-state index in [2.05, 4.69) is 22.0 Å². The van der Waals surface area contributed by atoms with Gasteiger partial charge in [-0.1, -0.05) is 25.6 Å². The molecule has 2 N–H and O–H groups in total. The van der Waals surface area contributed by atoms with Crippen LogP contribution in [0.4, 0.5) is 5.82 Å². The molecule has 2 rings (SSSR count). The zero-order chi connectivity index (χ0) is 14.0. The van der Waals surface area contributed by atoms with E-state index < -0.39 is 0 Å². The highest BCUT2D eigenvalue weighted by Gasteiger charge is 2.26. The lowest BCUT2D eigenvalue weighted by atomic mass is 10.0. The minimum absolute atomic E-state index is 0.421. The van der Waals surface area contributed by atoms with Crippen LogP contribution in [0.25, 0.3) is 0 Å². The fourth-order valence-corrected chi connectivity index (χ4v) is 3.03. The highest BCUT2D eigenvalue weighted by molar-refractivity contribution is 7.80. The number of nitrogens with two attached hydrogens (primary N) is 1. The lowest BCUT2D eigenvalue weighted by molar-refractivity contribution is 0.529. The van der Waals surface area contributed by atoms with Crippen molar-refractivity contribution in [2.24, 2.45) is 11.7 Å². The second kappa shape index (κ2) is 5.82. The van der Waals surface area contributed by atoms with Gasteiger partial charge in [-0.05, 0) is 38.2 Å². The molecule has 1 unspecified atom stereocenters. The molecule has 1 aliphatic rings. The summed E-state index contributed by atoms with van der Waals surface area (Å²) < 4.78 is 0. The van der Waals surface area contributed by atoms with E-state index in [-0.39, 0.29) is 0 Å². The summed E-state index contributed by atoms with van der Waals surface area (Å²) in [7, 11) is 0. The van der Waals surface area contributed by atoms with E-state index in [1.54, 1.807) is 0 Å². The van der Waals surface area contributed by atoms with Crippen molar-refractivity contribution in [3.8, 4) is 0 Å². The first-order chi connectivity index (χ1) is 9.04. The molecule has 1 fully saturated rings. The van der Waals surface area contributed by atoms with E-state index in [4.69, 9.17) is 18.0 Å². The molecule has 4 nitrogen and oxygen atoms in total. The van der Waals surface area contributed by atoms with Crippen LogP contribution < -0.4 is 10.6 Å². The number of hydrogen-bond acceptors (Lipinski definition) is 4. The lowest BCUT2D eigenvalue weighted by Gasteiger charge is -2.21. The van der Waals surface area contributed by atoms with E-state index >= 15 is 0 Å². The van der Waals surface area contributed by atoms with Gasteiger partial charge in [-0.3, -0.25) is 0 Å². The van der Waals surface area contributed by atoms with Crippen LogP contribution in [0, 0.1) is 19.8 Å². The summed E-state index contributed by atoms with van der Waals surface area (Å²) in [6.07, 6.45) is 3.73. The zero-order valence-electron chi connectivity index (χ0n) is 11.9. The van der Waals surface area contributed by atoms with Gasteiger partial charge in [0.2, 0.25) is 0 Å². The fourth-order valence-electron chi connectivity index (χ4n) is 2.78. The molecule has 1 aliphatic heterocycles. The molecule has 19 heavy (non-hydrogen) atoms. The van der Waals surface area contributed by atoms with Crippen LogP contribution in [0.15, 0.2) is 0 Å². The van der Waals surface area contributed by atoms with Crippen molar-refractivity contribution >= 4 is 23.0 Å². The van der Waals surface area contributed by atoms with E-state index in [0.29, 0.717) is 4.99 Å². The van der Waals surface area contributed by atoms with E-state index in [0.717, 1.165) is 41.6 Å². The van der Waals surface area contributed by atoms with Crippen LogP contribution >= 0.6 is 12.2 Å².